The lowest BCUT2D eigenvalue weighted by Gasteiger charge is -2.31. The van der Waals surface area contributed by atoms with E-state index in [4.69, 9.17) is 0 Å². The van der Waals surface area contributed by atoms with E-state index in [1.54, 1.807) is 6.07 Å². The molecule has 1 heterocycles. The zero-order valence-corrected chi connectivity index (χ0v) is 11.9. The highest BCUT2D eigenvalue weighted by Gasteiger charge is 2.54. The molecule has 0 saturated carbocycles. The Hall–Kier alpha value is -2.49. The number of rotatable bonds is 6. The first-order valence-electron chi connectivity index (χ1n) is 6.65. The van der Waals surface area contributed by atoms with Gasteiger partial charge >= 0.3 is 6.18 Å². The van der Waals surface area contributed by atoms with Crippen molar-refractivity contribution >= 4 is 5.91 Å². The lowest BCUT2D eigenvalue weighted by Crippen LogP contribution is -2.45. The Balaban J connectivity index is 1.98. The molecule has 23 heavy (non-hydrogen) atoms. The first-order chi connectivity index (χ1) is 10.8. The van der Waals surface area contributed by atoms with Gasteiger partial charge in [0.1, 0.15) is 12.9 Å². The highest BCUT2D eigenvalue weighted by atomic mass is 19.4. The monoisotopic (exact) mass is 329 g/mol. The molecule has 0 unspecified atom stereocenters. The van der Waals surface area contributed by atoms with E-state index >= 15 is 0 Å². The van der Waals surface area contributed by atoms with Gasteiger partial charge in [0.2, 0.25) is 5.91 Å². The van der Waals surface area contributed by atoms with Crippen LogP contribution in [0, 0.1) is 0 Å². The molecular weight excluding hydrogens is 315 g/mol. The summed E-state index contributed by atoms with van der Waals surface area (Å²) in [6, 6.07) is 6.74. The first-order valence-corrected chi connectivity index (χ1v) is 6.65. The van der Waals surface area contributed by atoms with Crippen LogP contribution in [-0.2, 0) is 16.9 Å². The molecule has 0 radical (unpaired) electrons. The normalized spacial score (nSPS) is 14.3. The molecule has 0 saturated heterocycles. The van der Waals surface area contributed by atoms with Crippen molar-refractivity contribution in [2.75, 3.05) is 6.54 Å². The van der Waals surface area contributed by atoms with Crippen LogP contribution in [0.1, 0.15) is 12.0 Å². The van der Waals surface area contributed by atoms with E-state index < -0.39 is 24.1 Å². The quantitative estimate of drug-likeness (QED) is 0.811. The summed E-state index contributed by atoms with van der Waals surface area (Å²) in [7, 11) is 0. The summed E-state index contributed by atoms with van der Waals surface area (Å²) in [5.41, 5.74) is -3.31. The Kier molecular flexibility index (Phi) is 4.94. The van der Waals surface area contributed by atoms with Crippen molar-refractivity contribution in [1.82, 2.24) is 25.5 Å². The van der Waals surface area contributed by atoms with Gasteiger partial charge in [-0.15, -0.1) is 5.10 Å². The molecule has 0 fully saturated rings. The predicted octanol–water partition coefficient (Wildman–Crippen LogP) is 0.630. The average molecular weight is 329 g/mol. The van der Waals surface area contributed by atoms with Crippen LogP contribution in [0.5, 0.6) is 0 Å². The number of nitrogens with zero attached hydrogens (tertiary/aromatic N) is 4. The molecule has 10 heteroatoms. The zero-order chi connectivity index (χ0) is 16.9. The van der Waals surface area contributed by atoms with Gasteiger partial charge in [0.15, 0.2) is 5.60 Å². The summed E-state index contributed by atoms with van der Waals surface area (Å²) < 4.78 is 40.8. The number of hydrogen-bond acceptors (Lipinski definition) is 5. The number of nitrogens with one attached hydrogen (secondary N) is 1. The van der Waals surface area contributed by atoms with Crippen LogP contribution in [0.4, 0.5) is 13.2 Å². The molecule has 1 atom stereocenters. The molecule has 1 aromatic carbocycles. The minimum absolute atomic E-state index is 0.219. The summed E-state index contributed by atoms with van der Waals surface area (Å²) in [5, 5.41) is 22.5. The molecule has 0 bridgehead atoms. The van der Waals surface area contributed by atoms with Crippen molar-refractivity contribution in [2.24, 2.45) is 0 Å². The number of carbonyl (C=O) groups is 1. The number of aromatic nitrogens is 4. The van der Waals surface area contributed by atoms with Crippen molar-refractivity contribution in [1.29, 1.82) is 0 Å². The second kappa shape index (κ2) is 6.73. The van der Waals surface area contributed by atoms with E-state index in [9.17, 15) is 23.1 Å². The van der Waals surface area contributed by atoms with Gasteiger partial charge in [-0.25, -0.2) is 4.68 Å². The number of halogens is 3. The van der Waals surface area contributed by atoms with Gasteiger partial charge in [-0.3, -0.25) is 4.79 Å². The molecule has 7 nitrogen and oxygen atoms in total. The van der Waals surface area contributed by atoms with Crippen LogP contribution in [0.3, 0.4) is 0 Å². The summed E-state index contributed by atoms with van der Waals surface area (Å²) in [6.45, 7) is -0.575. The van der Waals surface area contributed by atoms with Crippen molar-refractivity contribution in [3.05, 3.63) is 42.2 Å². The second-order valence-corrected chi connectivity index (χ2v) is 4.83. The number of benzene rings is 1. The van der Waals surface area contributed by atoms with Gasteiger partial charge < -0.3 is 10.4 Å². The van der Waals surface area contributed by atoms with Gasteiger partial charge in [0.05, 0.1) is 0 Å². The fourth-order valence-electron chi connectivity index (χ4n) is 2.00. The third kappa shape index (κ3) is 4.03. The number of aliphatic hydroxyl groups is 1. The molecule has 124 valence electrons. The Labute approximate surface area is 129 Å². The Morgan fingerprint density at radius 3 is 2.52 bits per heavy atom. The predicted molar refractivity (Wildman–Crippen MR) is 71.8 cm³/mol. The summed E-state index contributed by atoms with van der Waals surface area (Å²) >= 11 is 0. The smallest absolute Gasteiger partial charge is 0.376 e. The largest absolute Gasteiger partial charge is 0.421 e. The van der Waals surface area contributed by atoms with E-state index in [2.05, 4.69) is 20.8 Å². The lowest BCUT2D eigenvalue weighted by atomic mass is 9.89. The molecule has 2 N–H and O–H groups in total. The highest BCUT2D eigenvalue weighted by Crippen LogP contribution is 2.41. The van der Waals surface area contributed by atoms with Crippen molar-refractivity contribution in [3.8, 4) is 0 Å². The molecule has 0 aliphatic rings. The molecule has 0 aliphatic heterocycles. The standard InChI is InChI=1S/C13H14F3N5O2/c14-13(15,16)12(23,10-4-2-1-3-5-10)6-7-17-11(22)8-21-9-18-19-20-21/h1-5,9,23H,6-8H2,(H,17,22)/t12-/m0/s1. The summed E-state index contributed by atoms with van der Waals surface area (Å²) in [6.07, 6.45) is -4.37. The molecular formula is C13H14F3N5O2. The van der Waals surface area contributed by atoms with Crippen LogP contribution >= 0.6 is 0 Å². The number of hydrogen-bond donors (Lipinski definition) is 2. The van der Waals surface area contributed by atoms with E-state index in [-0.39, 0.29) is 18.7 Å². The maximum atomic E-state index is 13.2. The average Bonchev–Trinajstić information content (AvgIpc) is 2.99. The Bertz CT molecular complexity index is 633. The van der Waals surface area contributed by atoms with Crippen molar-refractivity contribution in [2.45, 2.75) is 24.7 Å². The molecule has 0 aliphatic carbocycles. The van der Waals surface area contributed by atoms with Crippen LogP contribution in [-0.4, -0.2) is 43.9 Å². The van der Waals surface area contributed by atoms with Gasteiger partial charge in [-0.1, -0.05) is 30.3 Å². The number of amides is 1. The third-order valence-electron chi connectivity index (χ3n) is 3.23. The topological polar surface area (TPSA) is 92.9 Å². The number of tetrazole rings is 1. The molecule has 2 aromatic rings. The second-order valence-electron chi connectivity index (χ2n) is 4.83. The van der Waals surface area contributed by atoms with Crippen LogP contribution in [0.2, 0.25) is 0 Å². The van der Waals surface area contributed by atoms with Crippen LogP contribution in [0.15, 0.2) is 36.7 Å². The van der Waals surface area contributed by atoms with E-state index in [1.165, 1.54) is 30.6 Å². The van der Waals surface area contributed by atoms with Gasteiger partial charge in [0.25, 0.3) is 0 Å². The minimum Gasteiger partial charge on any atom is -0.376 e. The van der Waals surface area contributed by atoms with Crippen LogP contribution in [0.25, 0.3) is 0 Å². The van der Waals surface area contributed by atoms with Crippen molar-refractivity contribution in [3.63, 3.8) is 0 Å². The van der Waals surface area contributed by atoms with Gasteiger partial charge in [-0.05, 0) is 16.0 Å². The fourth-order valence-corrected chi connectivity index (χ4v) is 2.00. The molecule has 1 aromatic heterocycles. The van der Waals surface area contributed by atoms with E-state index in [0.29, 0.717) is 0 Å². The summed E-state index contributed by atoms with van der Waals surface area (Å²) in [4.78, 5) is 11.6. The van der Waals surface area contributed by atoms with E-state index in [1.807, 2.05) is 0 Å². The first kappa shape index (κ1) is 16.9. The maximum absolute atomic E-state index is 13.2. The maximum Gasteiger partial charge on any atom is 0.421 e. The SMILES string of the molecule is O=C(Cn1cnnn1)NCC[C@](O)(c1ccccc1)C(F)(F)F. The third-order valence-corrected chi connectivity index (χ3v) is 3.23. The number of carbonyl (C=O) groups excluding carboxylic acids is 1. The fraction of sp³-hybridized carbons (Fsp3) is 0.385. The van der Waals surface area contributed by atoms with Gasteiger partial charge in [-0.2, -0.15) is 13.2 Å². The highest BCUT2D eigenvalue weighted by molar-refractivity contribution is 5.75. The molecule has 2 rings (SSSR count). The van der Waals surface area contributed by atoms with E-state index in [0.717, 1.165) is 4.68 Å². The molecule has 0 spiro atoms. The number of alkyl halides is 3. The minimum atomic E-state index is -4.87. The lowest BCUT2D eigenvalue weighted by molar-refractivity contribution is -0.268. The Morgan fingerprint density at radius 2 is 1.96 bits per heavy atom. The summed E-state index contributed by atoms with van der Waals surface area (Å²) in [5.74, 6) is -0.560. The Morgan fingerprint density at radius 1 is 1.26 bits per heavy atom. The zero-order valence-electron chi connectivity index (χ0n) is 11.9. The van der Waals surface area contributed by atoms with Crippen molar-refractivity contribution < 1.29 is 23.1 Å². The molecule has 1 amide bonds. The van der Waals surface area contributed by atoms with Gasteiger partial charge in [0, 0.05) is 13.0 Å². The van der Waals surface area contributed by atoms with Crippen LogP contribution < -0.4 is 5.32 Å².